The number of halogens is 2. The van der Waals surface area contributed by atoms with Gasteiger partial charge in [-0.1, -0.05) is 53.5 Å². The van der Waals surface area contributed by atoms with E-state index in [1.807, 2.05) is 37.3 Å². The Morgan fingerprint density at radius 3 is 2.70 bits per heavy atom. The van der Waals surface area contributed by atoms with Crippen LogP contribution in [0, 0.1) is 0 Å². The molecule has 1 N–H and O–H groups in total. The van der Waals surface area contributed by atoms with Gasteiger partial charge in [-0.2, -0.15) is 0 Å². The summed E-state index contributed by atoms with van der Waals surface area (Å²) in [6.45, 7) is 2.86. The first kappa shape index (κ1) is 20.9. The number of hydrogen-bond acceptors (Lipinski definition) is 3. The molecule has 0 aromatic heterocycles. The summed E-state index contributed by atoms with van der Waals surface area (Å²) >= 11 is 12.3. The lowest BCUT2D eigenvalue weighted by molar-refractivity contribution is 0.0526. The first-order chi connectivity index (χ1) is 14.5. The maximum Gasteiger partial charge on any atom is 0.338 e. The molecule has 3 aromatic carbocycles. The van der Waals surface area contributed by atoms with Crippen molar-refractivity contribution in [1.82, 2.24) is 5.32 Å². The number of aryl methyl sites for hydroxylation is 1. The van der Waals surface area contributed by atoms with Crippen molar-refractivity contribution in [2.45, 2.75) is 32.4 Å². The highest BCUT2D eigenvalue weighted by molar-refractivity contribution is 6.35. The van der Waals surface area contributed by atoms with E-state index in [4.69, 9.17) is 27.9 Å². The number of benzene rings is 3. The Balaban J connectivity index is 1.54. The van der Waals surface area contributed by atoms with E-state index in [1.54, 1.807) is 12.1 Å². The number of nitrogens with one attached hydrogen (secondary N) is 1. The van der Waals surface area contributed by atoms with Gasteiger partial charge in [0.25, 0.3) is 0 Å². The average molecular weight is 440 g/mol. The van der Waals surface area contributed by atoms with E-state index in [-0.39, 0.29) is 12.0 Å². The minimum Gasteiger partial charge on any atom is -0.462 e. The summed E-state index contributed by atoms with van der Waals surface area (Å²) in [5.41, 5.74) is 6.38. The van der Waals surface area contributed by atoms with Crippen molar-refractivity contribution < 1.29 is 9.53 Å². The van der Waals surface area contributed by atoms with Crippen LogP contribution in [0.25, 0.3) is 11.1 Å². The average Bonchev–Trinajstić information content (AvgIpc) is 3.16. The predicted molar refractivity (Wildman–Crippen MR) is 122 cm³/mol. The molecule has 0 saturated heterocycles. The van der Waals surface area contributed by atoms with Crippen molar-refractivity contribution in [3.8, 4) is 11.1 Å². The molecular weight excluding hydrogens is 417 g/mol. The maximum atomic E-state index is 12.1. The van der Waals surface area contributed by atoms with Crippen LogP contribution in [0.5, 0.6) is 0 Å². The van der Waals surface area contributed by atoms with Crippen LogP contribution in [0.4, 0.5) is 0 Å². The zero-order valence-corrected chi connectivity index (χ0v) is 18.3. The lowest BCUT2D eigenvalue weighted by Gasteiger charge is -2.16. The summed E-state index contributed by atoms with van der Waals surface area (Å²) < 4.78 is 5.13. The molecule has 0 bridgehead atoms. The summed E-state index contributed by atoms with van der Waals surface area (Å²) in [5, 5.41) is 4.96. The van der Waals surface area contributed by atoms with Crippen molar-refractivity contribution in [3.63, 3.8) is 0 Å². The van der Waals surface area contributed by atoms with E-state index in [0.717, 1.165) is 29.5 Å². The van der Waals surface area contributed by atoms with Crippen molar-refractivity contribution in [2.75, 3.05) is 6.61 Å². The number of carbonyl (C=O) groups excluding carboxylic acids is 1. The van der Waals surface area contributed by atoms with Crippen LogP contribution < -0.4 is 5.32 Å². The summed E-state index contributed by atoms with van der Waals surface area (Å²) in [6, 6.07) is 20.0. The molecule has 0 spiro atoms. The molecule has 0 fully saturated rings. The van der Waals surface area contributed by atoms with Gasteiger partial charge in [0.2, 0.25) is 0 Å². The number of carbonyl (C=O) groups is 1. The molecule has 4 rings (SSSR count). The third-order valence-corrected chi connectivity index (χ3v) is 6.07. The Hall–Kier alpha value is -2.33. The van der Waals surface area contributed by atoms with E-state index in [9.17, 15) is 4.79 Å². The van der Waals surface area contributed by atoms with Crippen LogP contribution in [-0.4, -0.2) is 12.6 Å². The summed E-state index contributed by atoms with van der Waals surface area (Å²) in [4.78, 5) is 12.1. The molecule has 1 aliphatic carbocycles. The lowest BCUT2D eigenvalue weighted by Crippen LogP contribution is -2.18. The van der Waals surface area contributed by atoms with Gasteiger partial charge in [0.15, 0.2) is 0 Å². The number of hydrogen-bond donors (Lipinski definition) is 1. The number of rotatable bonds is 6. The molecule has 1 aliphatic rings. The van der Waals surface area contributed by atoms with Crippen molar-refractivity contribution >= 4 is 29.2 Å². The van der Waals surface area contributed by atoms with Crippen LogP contribution in [-0.2, 0) is 17.7 Å². The normalized spacial score (nSPS) is 15.1. The van der Waals surface area contributed by atoms with E-state index >= 15 is 0 Å². The lowest BCUT2D eigenvalue weighted by atomic mass is 9.98. The van der Waals surface area contributed by atoms with Gasteiger partial charge < -0.3 is 10.1 Å². The van der Waals surface area contributed by atoms with Gasteiger partial charge in [-0.05, 0) is 77.9 Å². The maximum absolute atomic E-state index is 12.1. The van der Waals surface area contributed by atoms with Crippen molar-refractivity contribution in [1.29, 1.82) is 0 Å². The fraction of sp³-hybridized carbons (Fsp3) is 0.240. The second-order valence-corrected chi connectivity index (χ2v) is 8.27. The topological polar surface area (TPSA) is 38.3 Å². The largest absolute Gasteiger partial charge is 0.462 e. The van der Waals surface area contributed by atoms with Gasteiger partial charge in [-0.3, -0.25) is 0 Å². The van der Waals surface area contributed by atoms with Crippen molar-refractivity contribution in [2.24, 2.45) is 0 Å². The van der Waals surface area contributed by atoms with Gasteiger partial charge in [0.1, 0.15) is 0 Å². The van der Waals surface area contributed by atoms with E-state index in [1.165, 1.54) is 11.1 Å². The Morgan fingerprint density at radius 1 is 1.07 bits per heavy atom. The fourth-order valence-electron chi connectivity index (χ4n) is 3.93. The second-order valence-electron chi connectivity index (χ2n) is 7.42. The molecule has 30 heavy (non-hydrogen) atoms. The van der Waals surface area contributed by atoms with Gasteiger partial charge >= 0.3 is 5.97 Å². The van der Waals surface area contributed by atoms with Gasteiger partial charge in [0.05, 0.1) is 12.2 Å². The zero-order chi connectivity index (χ0) is 21.1. The molecule has 0 amide bonds. The molecular formula is C25H23Cl2NO2. The SMILES string of the molecule is CCOC(=O)c1cccc(-c2ccc3c(c2)C(NCc2ccc(Cl)cc2Cl)CC3)c1. The molecule has 5 heteroatoms. The third kappa shape index (κ3) is 4.54. The smallest absolute Gasteiger partial charge is 0.338 e. The monoisotopic (exact) mass is 439 g/mol. The second kappa shape index (κ2) is 9.22. The quantitative estimate of drug-likeness (QED) is 0.438. The summed E-state index contributed by atoms with van der Waals surface area (Å²) in [7, 11) is 0. The standard InChI is InChI=1S/C25H23Cl2NO2/c1-2-30-25(29)19-5-3-4-17(12-19)18-7-6-16-9-11-24(22(16)13-18)28-15-20-8-10-21(26)14-23(20)27/h3-8,10,12-14,24,28H,2,9,11,15H2,1H3. The minimum absolute atomic E-state index is 0.264. The molecule has 1 atom stereocenters. The number of fused-ring (bicyclic) bond motifs is 1. The Morgan fingerprint density at radius 2 is 1.90 bits per heavy atom. The molecule has 0 saturated carbocycles. The molecule has 0 aliphatic heterocycles. The summed E-state index contributed by atoms with van der Waals surface area (Å²) in [5.74, 6) is -0.292. The van der Waals surface area contributed by atoms with E-state index in [2.05, 4.69) is 23.5 Å². The highest BCUT2D eigenvalue weighted by Gasteiger charge is 2.23. The molecule has 1 unspecified atom stereocenters. The van der Waals surface area contributed by atoms with Crippen LogP contribution >= 0.6 is 23.2 Å². The Labute approximate surface area is 187 Å². The van der Waals surface area contributed by atoms with Gasteiger partial charge in [-0.25, -0.2) is 4.79 Å². The first-order valence-electron chi connectivity index (χ1n) is 10.1. The predicted octanol–water partition coefficient (Wildman–Crippen LogP) is 6.61. The molecule has 3 aromatic rings. The Bertz CT molecular complexity index is 1080. The molecule has 3 nitrogen and oxygen atoms in total. The molecule has 0 radical (unpaired) electrons. The molecule has 0 heterocycles. The van der Waals surface area contributed by atoms with E-state index in [0.29, 0.717) is 28.8 Å². The van der Waals surface area contributed by atoms with Crippen LogP contribution in [0.2, 0.25) is 10.0 Å². The van der Waals surface area contributed by atoms with Crippen LogP contribution in [0.15, 0.2) is 60.7 Å². The number of esters is 1. The molecule has 154 valence electrons. The van der Waals surface area contributed by atoms with Crippen LogP contribution in [0.3, 0.4) is 0 Å². The first-order valence-corrected chi connectivity index (χ1v) is 10.9. The highest BCUT2D eigenvalue weighted by atomic mass is 35.5. The van der Waals surface area contributed by atoms with Crippen molar-refractivity contribution in [3.05, 3.63) is 93.0 Å². The minimum atomic E-state index is -0.292. The van der Waals surface area contributed by atoms with Crippen LogP contribution in [0.1, 0.15) is 46.4 Å². The Kier molecular flexibility index (Phi) is 6.43. The number of ether oxygens (including phenoxy) is 1. The van der Waals surface area contributed by atoms with Gasteiger partial charge in [0, 0.05) is 22.6 Å². The third-order valence-electron chi connectivity index (χ3n) is 5.48. The highest BCUT2D eigenvalue weighted by Crippen LogP contribution is 2.35. The van der Waals surface area contributed by atoms with E-state index < -0.39 is 0 Å². The zero-order valence-electron chi connectivity index (χ0n) is 16.8. The summed E-state index contributed by atoms with van der Waals surface area (Å²) in [6.07, 6.45) is 2.09. The van der Waals surface area contributed by atoms with Gasteiger partial charge in [-0.15, -0.1) is 0 Å². The fourth-order valence-corrected chi connectivity index (χ4v) is 4.41.